The molecule has 2 aromatic heterocycles. The van der Waals surface area contributed by atoms with Gasteiger partial charge < -0.3 is 122 Å². The van der Waals surface area contributed by atoms with Crippen LogP contribution >= 0.6 is 0 Å². The molecule has 4 aromatic rings. The number of sulfonamides is 1. The van der Waals surface area contributed by atoms with Gasteiger partial charge in [0.25, 0.3) is 0 Å². The molecule has 734 valence electrons. The molecule has 28 N–H and O–H groups in total. The van der Waals surface area contributed by atoms with Crippen LogP contribution in [0.4, 0.5) is 0 Å². The molecule has 0 saturated carbocycles. The smallest absolute Gasteiger partial charge is 0.303 e. The van der Waals surface area contributed by atoms with E-state index in [9.17, 15) is 85.8 Å². The number of aliphatic hydroxyl groups is 2. The number of aromatic amines is 2. The van der Waals surface area contributed by atoms with Crippen molar-refractivity contribution in [3.63, 3.8) is 0 Å². The first kappa shape index (κ1) is 109. The molecule has 0 spiro atoms. The van der Waals surface area contributed by atoms with Crippen LogP contribution in [0.3, 0.4) is 0 Å². The average Bonchev–Trinajstić information content (AvgIpc) is 1.81. The average molecular weight is 1890 g/mol. The minimum Gasteiger partial charge on any atom is -0.481 e. The Morgan fingerprint density at radius 1 is 0.602 bits per heavy atom. The summed E-state index contributed by atoms with van der Waals surface area (Å²) in [7, 11) is -4.13. The number of hydrogen-bond donors (Lipinski definition) is 24. The van der Waals surface area contributed by atoms with E-state index in [-0.39, 0.29) is 102 Å². The summed E-state index contributed by atoms with van der Waals surface area (Å²) in [6.45, 7) is -1.30. The molecule has 0 bridgehead atoms. The topological polar surface area (TPSA) is 729 Å². The fourth-order valence-electron chi connectivity index (χ4n) is 15.2. The highest BCUT2D eigenvalue weighted by Gasteiger charge is 2.44. The van der Waals surface area contributed by atoms with Crippen LogP contribution in [0.25, 0.3) is 10.9 Å². The van der Waals surface area contributed by atoms with E-state index in [2.05, 4.69) is 84.1 Å². The van der Waals surface area contributed by atoms with E-state index in [0.717, 1.165) is 69.1 Å². The number of carbonyl (C=O) groups is 17. The van der Waals surface area contributed by atoms with Gasteiger partial charge in [-0.25, -0.2) is 13.4 Å². The number of para-hydroxylation sites is 1. The molecule has 4 heterocycles. The Bertz CT molecular complexity index is 4660. The number of aliphatic carboxylic acids is 1. The normalized spacial score (nSPS) is 19.0. The van der Waals surface area contributed by atoms with Crippen molar-refractivity contribution in [2.24, 2.45) is 22.9 Å². The Morgan fingerprint density at radius 2 is 1.19 bits per heavy atom. The van der Waals surface area contributed by atoms with Gasteiger partial charge in [0.1, 0.15) is 66.5 Å². The van der Waals surface area contributed by atoms with Crippen LogP contribution in [0.1, 0.15) is 210 Å². The van der Waals surface area contributed by atoms with Crippen LogP contribution in [0.5, 0.6) is 0 Å². The SMILES string of the molecule is CCCC[C@H](NC(=O)[C@H](CN)NC(=O)[C@H](Cc1c[nH]cn1)NC(=O)[C@@H](CCC(N)=O)NC(=O)[C@H](CO)NC(=O)CNC(=O)CCCS(=O)(=O)NC(=O)CCCCCCCCCCCCCCC(=O)O)C(=O)N[C@H]1CCC(=O)NCCCC[C@@H](C(N)=O)NC(=O)[C@H](Cc2c[nH]c3ccccc23)NC(=O)[C@H](CCCNC(=N)N)NC(=O)[C@@H](Cc2ccccc2)NC(=O)[C@@H]2C[C@@H](O)CN2C1=O. The Balaban J connectivity index is 1.13. The number of aliphatic hydroxyl groups excluding tert-OH is 2. The number of fused-ring (bicyclic) bond motifs is 2. The van der Waals surface area contributed by atoms with Gasteiger partial charge in [0.2, 0.25) is 105 Å². The number of nitrogens with one attached hydrogen (secondary N) is 17. The standard InChI is InChI=1S/C87H133N23O22S/c1-2-3-28-60(102-83(127)67(46-88)108-82(126)66(44-55-48-93-52-98-55)106-79(123)62(35-37-70(89)113)103-84(128)68(51-111)99-74(117)49-97-71(114)33-24-41-133(131,132)109-73(116)32-17-12-10-8-6-4-5-7-9-11-13-18-34-75(118)119)77(121)104-63-36-38-72(115)94-39-22-21-30-59(76(90)120)100-81(125)65(43-54-47-96-58-29-20-19-27-57(54)58)105-78(122)61(31-23-40-95-87(91)92)101-80(124)64(42-53-25-15-14-16-26-53)107-85(129)69-45-56(112)50-110(69)86(63)130/h14-16,19-20,25-27,29,47-48,52,56,59-69,96,111-112H,2-13,17-18,21-24,28,30-46,49-51,88H2,1H3,(H2,89,113)(H2,90,120)(H,93,98)(H,94,115)(H,97,114)(H,99,117)(H,100,125)(H,101,124)(H,102,127)(H,103,128)(H,104,121)(H,105,122)(H,106,123)(H,107,129)(H,108,126)(H,109,116)(H,118,119)(H4,91,92,95)/t56-,59+,60+,61+,62-,63+,64-,65+,66+,67+,68+,69+/m1/s1. The third kappa shape index (κ3) is 40.5. The lowest BCUT2D eigenvalue weighted by Crippen LogP contribution is -2.62. The summed E-state index contributed by atoms with van der Waals surface area (Å²) >= 11 is 0. The number of nitrogens with zero attached hydrogens (tertiary/aromatic N) is 2. The van der Waals surface area contributed by atoms with Crippen molar-refractivity contribution in [1.29, 1.82) is 5.41 Å². The lowest BCUT2D eigenvalue weighted by Gasteiger charge is -2.31. The van der Waals surface area contributed by atoms with Crippen LogP contribution in [-0.2, 0) is 111 Å². The van der Waals surface area contributed by atoms with Gasteiger partial charge in [-0.05, 0) is 87.8 Å². The number of benzene rings is 2. The lowest BCUT2D eigenvalue weighted by molar-refractivity contribution is -0.143. The highest BCUT2D eigenvalue weighted by atomic mass is 32.2. The number of nitrogens with two attached hydrogens (primary N) is 4. The number of carboxylic acids is 1. The van der Waals surface area contributed by atoms with Crippen LogP contribution in [0.2, 0.25) is 0 Å². The summed E-state index contributed by atoms with van der Waals surface area (Å²) in [6, 6.07) is -2.05. The predicted molar refractivity (Wildman–Crippen MR) is 485 cm³/mol. The number of primary amides is 2. The molecule has 0 radical (unpaired) electrons. The molecule has 0 aliphatic carbocycles. The third-order valence-corrected chi connectivity index (χ3v) is 23.8. The number of carboxylic acid groups (broad SMARTS) is 1. The molecule has 12 atom stereocenters. The number of imidazole rings is 1. The number of carbonyl (C=O) groups excluding carboxylic acids is 16. The van der Waals surface area contributed by atoms with Crippen molar-refractivity contribution in [2.45, 2.75) is 285 Å². The second-order valence-corrected chi connectivity index (χ2v) is 35.1. The molecule has 16 amide bonds. The highest BCUT2D eigenvalue weighted by Crippen LogP contribution is 2.24. The minimum atomic E-state index is -4.13. The van der Waals surface area contributed by atoms with Crippen LogP contribution < -0.4 is 96.8 Å². The van der Waals surface area contributed by atoms with E-state index in [1.165, 1.54) is 12.5 Å². The van der Waals surface area contributed by atoms with Crippen molar-refractivity contribution in [3.05, 3.63) is 90.1 Å². The summed E-state index contributed by atoms with van der Waals surface area (Å²) < 4.78 is 27.3. The summed E-state index contributed by atoms with van der Waals surface area (Å²) in [4.78, 5) is 246. The molecule has 133 heavy (non-hydrogen) atoms. The quantitative estimate of drug-likeness (QED) is 0.0118. The van der Waals surface area contributed by atoms with Crippen molar-refractivity contribution < 1.29 is 105 Å². The largest absolute Gasteiger partial charge is 0.481 e. The summed E-state index contributed by atoms with van der Waals surface area (Å²) in [5.41, 5.74) is 25.0. The lowest BCUT2D eigenvalue weighted by atomic mass is 10.0. The zero-order valence-electron chi connectivity index (χ0n) is 75.1. The minimum absolute atomic E-state index is 0.0226. The number of H-pyrrole nitrogens is 2. The zero-order chi connectivity index (χ0) is 97.4. The van der Waals surface area contributed by atoms with Gasteiger partial charge in [-0.1, -0.05) is 133 Å². The van der Waals surface area contributed by atoms with Crippen molar-refractivity contribution in [2.75, 3.05) is 45.1 Å². The highest BCUT2D eigenvalue weighted by molar-refractivity contribution is 7.90. The van der Waals surface area contributed by atoms with Gasteiger partial charge in [-0.3, -0.25) is 91.6 Å². The number of hydrogen-bond acceptors (Lipinski definition) is 24. The number of rotatable bonds is 52. The van der Waals surface area contributed by atoms with Gasteiger partial charge in [-0.2, -0.15) is 0 Å². The number of unbranched alkanes of at least 4 members (excludes halogenated alkanes) is 12. The van der Waals surface area contributed by atoms with Crippen LogP contribution in [0.15, 0.2) is 73.3 Å². The fraction of sp³-hybridized carbons (Fsp3) is 0.598. The van der Waals surface area contributed by atoms with Crippen molar-refractivity contribution in [3.8, 4) is 0 Å². The van der Waals surface area contributed by atoms with Gasteiger partial charge >= 0.3 is 5.97 Å². The maximum absolute atomic E-state index is 15.3. The number of amides is 16. The van der Waals surface area contributed by atoms with Crippen molar-refractivity contribution in [1.82, 2.24) is 93.7 Å². The second kappa shape index (κ2) is 58.2. The Labute approximate surface area is 771 Å². The van der Waals surface area contributed by atoms with E-state index in [1.54, 1.807) is 67.7 Å². The fourth-order valence-corrected chi connectivity index (χ4v) is 16.2. The third-order valence-electron chi connectivity index (χ3n) is 22.5. The van der Waals surface area contributed by atoms with Crippen LogP contribution in [0, 0.1) is 5.41 Å². The molecule has 2 aliphatic rings. The first-order valence-corrected chi connectivity index (χ1v) is 47.1. The Hall–Kier alpha value is -12.7. The van der Waals surface area contributed by atoms with E-state index in [1.807, 2.05) is 4.72 Å². The molecular formula is C87H133N23O22S. The van der Waals surface area contributed by atoms with Gasteiger partial charge in [0, 0.05) is 107 Å². The Morgan fingerprint density at radius 3 is 1.83 bits per heavy atom. The predicted octanol–water partition coefficient (Wildman–Crippen LogP) is -3.15. The maximum atomic E-state index is 15.3. The summed E-state index contributed by atoms with van der Waals surface area (Å²) in [5, 5.41) is 72.0. The van der Waals surface area contributed by atoms with E-state index < -0.39 is 260 Å². The van der Waals surface area contributed by atoms with Crippen molar-refractivity contribution >= 4 is 127 Å². The monoisotopic (exact) mass is 1880 g/mol. The van der Waals surface area contributed by atoms with Gasteiger partial charge in [0.15, 0.2) is 5.96 Å². The van der Waals surface area contributed by atoms with E-state index >= 15 is 14.4 Å². The van der Waals surface area contributed by atoms with Gasteiger partial charge in [-0.15, -0.1) is 0 Å². The van der Waals surface area contributed by atoms with E-state index in [4.69, 9.17) is 33.5 Å². The summed E-state index contributed by atoms with van der Waals surface area (Å²) in [6.07, 6.45) is 10.9. The summed E-state index contributed by atoms with van der Waals surface area (Å²) in [5.74, 6) is -17.0. The molecule has 0 unspecified atom stereocenters. The zero-order valence-corrected chi connectivity index (χ0v) is 76.0. The first-order valence-electron chi connectivity index (χ1n) is 45.4. The molecule has 2 aliphatic heterocycles. The molecule has 2 aromatic carbocycles. The Kier molecular flexibility index (Phi) is 47.7. The van der Waals surface area contributed by atoms with Gasteiger partial charge in [0.05, 0.1) is 37.0 Å². The first-order chi connectivity index (χ1) is 63.6. The number of aromatic nitrogens is 3. The molecule has 2 saturated heterocycles. The molecular weight excluding hydrogens is 1750 g/mol. The number of guanidine groups is 1. The molecule has 45 nitrogen and oxygen atoms in total. The van der Waals surface area contributed by atoms with E-state index in [0.29, 0.717) is 41.3 Å². The molecule has 2 fully saturated rings. The molecule has 46 heteroatoms. The van der Waals surface area contributed by atoms with Crippen LogP contribution in [-0.4, -0.2) is 268 Å². The maximum Gasteiger partial charge on any atom is 0.303 e. The molecule has 6 rings (SSSR count). The second-order valence-electron chi connectivity index (χ2n) is 33.3.